The van der Waals surface area contributed by atoms with Crippen LogP contribution in [-0.2, 0) is 20.4 Å². The van der Waals surface area contributed by atoms with E-state index in [-0.39, 0.29) is 30.2 Å². The van der Waals surface area contributed by atoms with Crippen molar-refractivity contribution < 1.29 is 49.6 Å². The molecule has 1 aromatic carbocycles. The summed E-state index contributed by atoms with van der Waals surface area (Å²) in [5.41, 5.74) is 4.09. The van der Waals surface area contributed by atoms with E-state index < -0.39 is 20.4 Å². The molecule has 1 heterocycles. The Morgan fingerprint density at radius 1 is 1.08 bits per heavy atom. The van der Waals surface area contributed by atoms with Crippen molar-refractivity contribution in [1.29, 1.82) is 0 Å². The summed E-state index contributed by atoms with van der Waals surface area (Å²) in [5, 5.41) is 0. The van der Waals surface area contributed by atoms with E-state index in [0.29, 0.717) is 3.63 Å². The van der Waals surface area contributed by atoms with E-state index in [2.05, 4.69) is 73.8 Å². The molecule has 2 aliphatic carbocycles. The van der Waals surface area contributed by atoms with Crippen LogP contribution in [-0.4, -0.2) is 5.43 Å². The predicted molar refractivity (Wildman–Crippen MR) is 99.8 cm³/mol. The van der Waals surface area contributed by atoms with E-state index >= 15 is 0 Å². The molecule has 0 saturated heterocycles. The van der Waals surface area contributed by atoms with E-state index in [1.807, 2.05) is 6.92 Å². The number of halogens is 2. The van der Waals surface area contributed by atoms with Gasteiger partial charge in [0.25, 0.3) is 0 Å². The van der Waals surface area contributed by atoms with Crippen LogP contribution in [0.4, 0.5) is 0 Å². The quantitative estimate of drug-likeness (QED) is 0.560. The van der Waals surface area contributed by atoms with Crippen molar-refractivity contribution >= 4 is 17.1 Å². The van der Waals surface area contributed by atoms with E-state index in [0.717, 1.165) is 11.5 Å². The van der Waals surface area contributed by atoms with Gasteiger partial charge in [0.05, 0.1) is 0 Å². The molecule has 1 unspecified atom stereocenters. The van der Waals surface area contributed by atoms with Gasteiger partial charge in [-0.15, -0.1) is 0 Å². The van der Waals surface area contributed by atoms with Crippen LogP contribution < -0.4 is 24.8 Å². The number of allylic oxidation sites excluding steroid dienone is 5. The third kappa shape index (κ3) is 3.97. The van der Waals surface area contributed by atoms with E-state index in [9.17, 15) is 0 Å². The second-order valence-electron chi connectivity index (χ2n) is 6.81. The normalized spacial score (nSPS) is 16.6. The fraction of sp³-hybridized carbons (Fsp3) is 0.238. The van der Waals surface area contributed by atoms with Crippen LogP contribution >= 0.6 is 0 Å². The summed E-state index contributed by atoms with van der Waals surface area (Å²) >= 11 is -1.80. The molecule has 0 fully saturated rings. The number of hydrogen-bond acceptors (Lipinski definition) is 1. The standard InChI is InChI=1S/C14H11O.C5H5.C2H6Si.2ClH.Zr/c1-10-6-7-14(15-10)13-8-11-4-2-3-5-12(11)9-13;1-2-4-5-3-1;1-3-2;;;/h2-9H,1H3;1-3H,4H2;1-2H3;2*1H;/q;;;;;+2/p-2. The Bertz CT molecular complexity index is 933. The van der Waals surface area contributed by atoms with Crippen LogP contribution in [0.25, 0.3) is 11.6 Å². The van der Waals surface area contributed by atoms with Gasteiger partial charge >= 0.3 is 152 Å². The van der Waals surface area contributed by atoms with Crippen LogP contribution in [0.1, 0.15) is 32.7 Å². The molecule has 0 bridgehead atoms. The molecule has 26 heavy (non-hydrogen) atoms. The minimum atomic E-state index is -1.80. The van der Waals surface area contributed by atoms with Crippen LogP contribution in [0.5, 0.6) is 0 Å². The summed E-state index contributed by atoms with van der Waals surface area (Å²) in [6, 6.07) is 13.2. The zero-order valence-corrected chi connectivity index (χ0v) is 20.2. The summed E-state index contributed by atoms with van der Waals surface area (Å²) < 4.78 is 8.46. The van der Waals surface area contributed by atoms with Gasteiger partial charge in [0.1, 0.15) is 0 Å². The molecule has 2 aliphatic rings. The number of fused-ring (bicyclic) bond motifs is 1. The van der Waals surface area contributed by atoms with Gasteiger partial charge in [-0.1, -0.05) is 0 Å². The van der Waals surface area contributed by atoms with Gasteiger partial charge in [-0.25, -0.2) is 0 Å². The molecular weight excluding hydrogens is 458 g/mol. The van der Waals surface area contributed by atoms with Crippen molar-refractivity contribution in [3.05, 3.63) is 80.6 Å². The van der Waals surface area contributed by atoms with Crippen molar-refractivity contribution in [3.63, 3.8) is 0 Å². The van der Waals surface area contributed by atoms with Crippen molar-refractivity contribution in [3.8, 4) is 0 Å². The van der Waals surface area contributed by atoms with Crippen molar-refractivity contribution in [2.45, 2.75) is 30.1 Å². The smallest absolute Gasteiger partial charge is 1.00 e. The Kier molecular flexibility index (Phi) is 7.56. The molecule has 1 atom stereocenters. The number of furan rings is 1. The minimum Gasteiger partial charge on any atom is -1.00 e. The van der Waals surface area contributed by atoms with Crippen molar-refractivity contribution in [2.75, 3.05) is 0 Å². The Morgan fingerprint density at radius 3 is 2.46 bits per heavy atom. The molecule has 0 aliphatic heterocycles. The monoisotopic (exact) mass is 478 g/mol. The summed E-state index contributed by atoms with van der Waals surface area (Å²) in [7, 11) is 0. The maximum atomic E-state index is 6.06. The van der Waals surface area contributed by atoms with Gasteiger partial charge in [0.2, 0.25) is 0 Å². The Morgan fingerprint density at radius 2 is 1.85 bits per heavy atom. The number of benzene rings is 1. The Balaban J connectivity index is 0.00000121. The van der Waals surface area contributed by atoms with E-state index in [1.54, 1.807) is 8.84 Å². The molecule has 0 radical (unpaired) electrons. The molecule has 0 saturated carbocycles. The van der Waals surface area contributed by atoms with Crippen molar-refractivity contribution in [2.24, 2.45) is 0 Å². The molecule has 5 heteroatoms. The van der Waals surface area contributed by atoms with Gasteiger partial charge < -0.3 is 24.8 Å². The van der Waals surface area contributed by atoms with Crippen LogP contribution in [0.3, 0.4) is 0 Å². The first-order valence-electron chi connectivity index (χ1n) is 8.56. The van der Waals surface area contributed by atoms with Gasteiger partial charge in [-0.2, -0.15) is 0 Å². The first kappa shape index (κ1) is 21.7. The molecule has 134 valence electrons. The molecule has 1 nitrogen and oxygen atoms in total. The molecule has 0 N–H and O–H groups in total. The first-order chi connectivity index (χ1) is 11.6. The van der Waals surface area contributed by atoms with Crippen LogP contribution in [0.15, 0.2) is 62.3 Å². The number of hydrogen-bond donors (Lipinski definition) is 0. The van der Waals surface area contributed by atoms with Gasteiger partial charge in [-0.3, -0.25) is 0 Å². The average Bonchev–Trinajstić information content (AvgIpc) is 3.28. The van der Waals surface area contributed by atoms with E-state index in [4.69, 9.17) is 4.42 Å². The fourth-order valence-electron chi connectivity index (χ4n) is 3.88. The molecular formula is C21H22Cl2OSiZr. The second kappa shape index (κ2) is 9.06. The van der Waals surface area contributed by atoms with Crippen LogP contribution in [0.2, 0.25) is 13.1 Å². The second-order valence-corrected chi connectivity index (χ2v) is 24.4. The molecule has 1 aromatic heterocycles. The molecule has 0 spiro atoms. The minimum absolute atomic E-state index is 0. The largest absolute Gasteiger partial charge is 1.00 e. The zero-order valence-electron chi connectivity index (χ0n) is 15.2. The van der Waals surface area contributed by atoms with Gasteiger partial charge in [0, 0.05) is 0 Å². The summed E-state index contributed by atoms with van der Waals surface area (Å²) in [4.78, 5) is 0. The maximum Gasteiger partial charge on any atom is -1.00 e. The van der Waals surface area contributed by atoms with Crippen LogP contribution in [0, 0.1) is 6.92 Å². The topological polar surface area (TPSA) is 13.1 Å². The third-order valence-corrected chi connectivity index (χ3v) is 23.1. The number of aryl methyl sites for hydroxylation is 1. The summed E-state index contributed by atoms with van der Waals surface area (Å²) in [6.07, 6.45) is 10.6. The zero-order chi connectivity index (χ0) is 16.7. The summed E-state index contributed by atoms with van der Waals surface area (Å²) in [6.45, 7) is 7.11. The SMILES string of the molecule is Cc1ccc(C2=Cc3ccccc3[CH]2[Zr+2]([C]2=CC=CC2)=[Si](C)C)o1.[Cl-].[Cl-]. The molecule has 4 rings (SSSR count). The maximum absolute atomic E-state index is 6.06. The van der Waals surface area contributed by atoms with Gasteiger partial charge in [-0.05, 0) is 0 Å². The van der Waals surface area contributed by atoms with Gasteiger partial charge in [0.15, 0.2) is 0 Å². The molecule has 0 amide bonds. The Hall–Kier alpha value is -0.600. The van der Waals surface area contributed by atoms with E-state index in [1.165, 1.54) is 17.6 Å². The number of rotatable bonds is 3. The Labute approximate surface area is 176 Å². The predicted octanol–water partition coefficient (Wildman–Crippen LogP) is -0.0956. The summed E-state index contributed by atoms with van der Waals surface area (Å²) in [5.74, 6) is 2.09. The van der Waals surface area contributed by atoms with Crippen molar-refractivity contribution in [1.82, 2.24) is 0 Å². The first-order valence-corrected chi connectivity index (χ1v) is 17.4. The fourth-order valence-corrected chi connectivity index (χ4v) is 22.2. The average molecular weight is 481 g/mol. The third-order valence-electron chi connectivity index (χ3n) is 4.90. The molecule has 2 aromatic rings.